The number of aromatic amines is 1. The number of carboxylic acids is 1. The molecule has 2 fully saturated rings. The summed E-state index contributed by atoms with van der Waals surface area (Å²) in [5.74, 6) is -4.88. The van der Waals surface area contributed by atoms with E-state index in [1.165, 1.54) is 5.38 Å². The molecule has 0 unspecified atom stereocenters. The van der Waals surface area contributed by atoms with Gasteiger partial charge in [0, 0.05) is 23.3 Å². The molecule has 7 amide bonds. The largest absolute Gasteiger partial charge is 0.503 e. The topological polar surface area (TPSA) is 316 Å². The quantitative estimate of drug-likeness (QED) is 0.0699. The van der Waals surface area contributed by atoms with Crippen molar-refractivity contribution in [1.29, 1.82) is 0 Å². The van der Waals surface area contributed by atoms with Gasteiger partial charge in [-0.25, -0.2) is 33.4 Å². The monoisotopic (exact) mass is 698 g/mol. The Morgan fingerprint density at radius 3 is 2.53 bits per heavy atom. The second-order valence-electron chi connectivity index (χ2n) is 10.2. The molecule has 0 spiro atoms. The highest BCUT2D eigenvalue weighted by Crippen LogP contribution is 2.18. The third-order valence-corrected chi connectivity index (χ3v) is 8.41. The number of amides is 7. The summed E-state index contributed by atoms with van der Waals surface area (Å²) in [5, 5.41) is 26.4. The van der Waals surface area contributed by atoms with Crippen LogP contribution in [0.1, 0.15) is 25.2 Å². The normalized spacial score (nSPS) is 16.9. The zero-order valence-electron chi connectivity index (χ0n) is 24.2. The summed E-state index contributed by atoms with van der Waals surface area (Å²) in [4.78, 5) is 97.8. The van der Waals surface area contributed by atoms with Crippen LogP contribution in [0.25, 0.3) is 0 Å². The molecular weight excluding hydrogens is 672 g/mol. The van der Waals surface area contributed by atoms with Crippen molar-refractivity contribution < 1.29 is 52.2 Å². The first-order valence-corrected chi connectivity index (χ1v) is 15.4. The van der Waals surface area contributed by atoms with Crippen LogP contribution in [0.15, 0.2) is 27.6 Å². The van der Waals surface area contributed by atoms with Gasteiger partial charge in [0.2, 0.25) is 16.9 Å². The van der Waals surface area contributed by atoms with Gasteiger partial charge in [-0.3, -0.25) is 29.5 Å². The molecule has 2 saturated heterocycles. The number of nitrogens with two attached hydrogens (primary N) is 1. The molecule has 252 valence electrons. The molecular formula is C23H26N10O12S2. The zero-order valence-corrected chi connectivity index (χ0v) is 25.9. The molecule has 0 saturated carbocycles. The molecule has 0 bridgehead atoms. The Bertz CT molecular complexity index is 1850. The summed E-state index contributed by atoms with van der Waals surface area (Å²) >= 11 is 0.931. The highest BCUT2D eigenvalue weighted by Gasteiger charge is 2.46. The van der Waals surface area contributed by atoms with Gasteiger partial charge in [0.05, 0.1) is 26.1 Å². The first-order valence-electron chi connectivity index (χ1n) is 13.1. The molecule has 2 aromatic heterocycles. The van der Waals surface area contributed by atoms with E-state index < -0.39 is 94.0 Å². The second-order valence-corrected chi connectivity index (χ2v) is 12.7. The number of carboxylic acid groups (broad SMARTS) is 1. The maximum atomic E-state index is 12.9. The lowest BCUT2D eigenvalue weighted by molar-refractivity contribution is -0.161. The first kappa shape index (κ1) is 34.1. The van der Waals surface area contributed by atoms with Crippen LogP contribution >= 0.6 is 11.3 Å². The first-order chi connectivity index (χ1) is 21.9. The number of oxime groups is 1. The average molecular weight is 699 g/mol. The van der Waals surface area contributed by atoms with Crippen LogP contribution in [-0.4, -0.2) is 116 Å². The Balaban J connectivity index is 1.33. The number of thiazole rings is 1. The lowest BCUT2D eigenvalue weighted by Crippen LogP contribution is -2.68. The zero-order chi connectivity index (χ0) is 34.8. The van der Waals surface area contributed by atoms with Crippen LogP contribution in [0.3, 0.4) is 0 Å². The smallest absolute Gasteiger partial charge is 0.353 e. The van der Waals surface area contributed by atoms with Gasteiger partial charge in [0.25, 0.3) is 11.8 Å². The molecule has 2 aliphatic heterocycles. The lowest BCUT2D eigenvalue weighted by atomic mass is 10.1. The number of imide groups is 1. The third kappa shape index (κ3) is 7.55. The minimum Gasteiger partial charge on any atom is -0.503 e. The molecule has 4 rings (SSSR count). The van der Waals surface area contributed by atoms with Crippen LogP contribution in [0.4, 0.5) is 14.7 Å². The number of urea groups is 2. The van der Waals surface area contributed by atoms with E-state index in [1.807, 2.05) is 0 Å². The number of β-lactam (4-membered cyclic amide) rings is 1. The van der Waals surface area contributed by atoms with Gasteiger partial charge in [-0.2, -0.15) is 8.42 Å². The van der Waals surface area contributed by atoms with Crippen LogP contribution in [0.2, 0.25) is 0 Å². The molecule has 24 heteroatoms. The van der Waals surface area contributed by atoms with Gasteiger partial charge in [0.1, 0.15) is 11.7 Å². The summed E-state index contributed by atoms with van der Waals surface area (Å²) in [7, 11) is -4.87. The minimum atomic E-state index is -4.87. The van der Waals surface area contributed by atoms with Crippen molar-refractivity contribution in [1.82, 2.24) is 39.6 Å². The van der Waals surface area contributed by atoms with Crippen LogP contribution in [0, 0.1) is 0 Å². The number of aromatic nitrogens is 2. The maximum absolute atomic E-state index is 12.9. The number of aromatic hydroxyl groups is 1. The maximum Gasteiger partial charge on any atom is 0.353 e. The van der Waals surface area contributed by atoms with Crippen molar-refractivity contribution in [2.24, 2.45) is 5.16 Å². The number of nitrogens with one attached hydrogen (secondary N) is 4. The number of nitrogen functional groups attached to an aromatic ring is 1. The summed E-state index contributed by atoms with van der Waals surface area (Å²) in [6.07, 6.45) is 0.531. The number of hydrogen-bond acceptors (Lipinski definition) is 15. The van der Waals surface area contributed by atoms with Crippen molar-refractivity contribution in [2.75, 3.05) is 25.4 Å². The van der Waals surface area contributed by atoms with E-state index in [0.717, 1.165) is 37.4 Å². The number of anilines is 1. The van der Waals surface area contributed by atoms with Crippen molar-refractivity contribution in [2.45, 2.75) is 31.9 Å². The van der Waals surface area contributed by atoms with Gasteiger partial charge < -0.3 is 31.1 Å². The van der Waals surface area contributed by atoms with Crippen molar-refractivity contribution in [3.05, 3.63) is 39.3 Å². The number of hydrazine groups is 1. The van der Waals surface area contributed by atoms with Gasteiger partial charge in [-0.05, 0) is 13.8 Å². The lowest BCUT2D eigenvalue weighted by Gasteiger charge is -2.36. The van der Waals surface area contributed by atoms with Crippen LogP contribution in [0.5, 0.6) is 5.75 Å². The number of H-pyrrole nitrogens is 1. The van der Waals surface area contributed by atoms with Crippen LogP contribution < -0.4 is 26.6 Å². The highest BCUT2D eigenvalue weighted by molar-refractivity contribution is 7.88. The summed E-state index contributed by atoms with van der Waals surface area (Å²) < 4.78 is 27.4. The Morgan fingerprint density at radius 2 is 1.94 bits per heavy atom. The minimum absolute atomic E-state index is 0.0374. The SMILES string of the molecule is CC(C)(ON=C(C(=O)N[C@H]1CN(C(=O)NS(=O)(=O)N2CCN(NC(=O)Cc3cc(=O)c(O)c[nH]3)C2=O)C1=O)c1csc(N)n1)C(=O)O. The molecule has 2 aromatic rings. The van der Waals surface area contributed by atoms with E-state index >= 15 is 0 Å². The summed E-state index contributed by atoms with van der Waals surface area (Å²) in [6, 6.07) is -3.06. The molecule has 22 nitrogen and oxygen atoms in total. The van der Waals surface area contributed by atoms with Crippen LogP contribution in [-0.2, 0) is 40.6 Å². The second kappa shape index (κ2) is 12.9. The molecule has 47 heavy (non-hydrogen) atoms. The van der Waals surface area contributed by atoms with E-state index in [4.69, 9.17) is 10.6 Å². The Labute approximate surface area is 267 Å². The van der Waals surface area contributed by atoms with Gasteiger partial charge in [-0.15, -0.1) is 11.3 Å². The third-order valence-electron chi connectivity index (χ3n) is 6.38. The molecule has 0 aromatic carbocycles. The highest BCUT2D eigenvalue weighted by atomic mass is 32.2. The standard InChI is InChI=1S/C23H26N10O12S2/c1-23(2,19(39)40)45-29-16(12-9-46-20(24)27-12)17(37)26-11-8-31(18(11)38)21(41)30-47(43,44)33-4-3-32(22(33)42)28-15(36)6-10-5-13(34)14(35)7-25-10/h5,7,9,11,35H,3-4,6,8H2,1-2H3,(H2,24,27)(H,25,34)(H,26,37)(H,28,36)(H,30,41)(H,39,40)/t11-/m0/s1. The van der Waals surface area contributed by atoms with Crippen molar-refractivity contribution in [3.63, 3.8) is 0 Å². The van der Waals surface area contributed by atoms with E-state index in [1.54, 1.807) is 4.72 Å². The molecule has 0 aliphatic carbocycles. The van der Waals surface area contributed by atoms with Crippen molar-refractivity contribution in [3.8, 4) is 5.75 Å². The predicted molar refractivity (Wildman–Crippen MR) is 156 cm³/mol. The number of carbonyl (C=O) groups is 6. The predicted octanol–water partition coefficient (Wildman–Crippen LogP) is -3.00. The number of hydrogen-bond donors (Lipinski definition) is 7. The van der Waals surface area contributed by atoms with E-state index in [0.29, 0.717) is 9.91 Å². The fourth-order valence-corrected chi connectivity index (χ4v) is 5.39. The summed E-state index contributed by atoms with van der Waals surface area (Å²) in [5.41, 5.74) is 4.61. The van der Waals surface area contributed by atoms with Gasteiger partial charge in [-0.1, -0.05) is 5.16 Å². The average Bonchev–Trinajstić information content (AvgIpc) is 3.57. The Morgan fingerprint density at radius 1 is 1.23 bits per heavy atom. The summed E-state index contributed by atoms with van der Waals surface area (Å²) in [6.45, 7) is 1.02. The van der Waals surface area contributed by atoms with E-state index in [9.17, 15) is 52.2 Å². The Kier molecular flexibility index (Phi) is 9.37. The molecule has 4 heterocycles. The van der Waals surface area contributed by atoms with Gasteiger partial charge in [0.15, 0.2) is 16.6 Å². The molecule has 2 aliphatic rings. The molecule has 1 atom stereocenters. The number of rotatable bonds is 11. The molecule has 8 N–H and O–H groups in total. The number of pyridine rings is 1. The number of nitrogens with zero attached hydrogens (tertiary/aromatic N) is 5. The number of aliphatic carboxylic acids is 1. The molecule has 0 radical (unpaired) electrons. The van der Waals surface area contributed by atoms with Gasteiger partial charge >= 0.3 is 28.2 Å². The number of carbonyl (C=O) groups excluding carboxylic acids is 5. The van der Waals surface area contributed by atoms with Crippen molar-refractivity contribution >= 4 is 68.1 Å². The Hall–Kier alpha value is -5.78. The fourth-order valence-electron chi connectivity index (χ4n) is 3.78. The number of likely N-dealkylation sites (tertiary alicyclic amines) is 1. The fraction of sp³-hybridized carbons (Fsp3) is 0.348. The van der Waals surface area contributed by atoms with E-state index in [2.05, 4.69) is 25.9 Å². The van der Waals surface area contributed by atoms with E-state index in [-0.39, 0.29) is 27.4 Å².